The Labute approximate surface area is 125 Å². The second-order valence-electron chi connectivity index (χ2n) is 6.11. The zero-order chi connectivity index (χ0) is 13.6. The van der Waals surface area contributed by atoms with E-state index in [0.29, 0.717) is 0 Å². The van der Waals surface area contributed by atoms with E-state index in [4.69, 9.17) is 0 Å². The van der Waals surface area contributed by atoms with Crippen LogP contribution in [0.3, 0.4) is 0 Å². The molecule has 0 aromatic heterocycles. The van der Waals surface area contributed by atoms with Crippen molar-refractivity contribution in [1.29, 1.82) is 0 Å². The van der Waals surface area contributed by atoms with Gasteiger partial charge in [-0.15, -0.1) is 0 Å². The largest absolute Gasteiger partial charge is 0.314 e. The van der Waals surface area contributed by atoms with Crippen LogP contribution < -0.4 is 5.32 Å². The molecule has 1 saturated carbocycles. The van der Waals surface area contributed by atoms with Crippen LogP contribution in [0, 0.1) is 0 Å². The first-order valence-corrected chi connectivity index (χ1v) is 10.0. The first-order valence-electron chi connectivity index (χ1n) is 8.66. The predicted molar refractivity (Wildman–Crippen MR) is 90.2 cm³/mol. The molecule has 0 spiro atoms. The smallest absolute Gasteiger partial charge is 0.00670 e. The predicted octanol–water partition coefficient (Wildman–Crippen LogP) is 5.39. The zero-order valence-electron chi connectivity index (χ0n) is 13.1. The van der Waals surface area contributed by atoms with Gasteiger partial charge in [-0.05, 0) is 44.2 Å². The average molecular weight is 286 g/mol. The van der Waals surface area contributed by atoms with Gasteiger partial charge in [0, 0.05) is 6.04 Å². The molecule has 0 aromatic carbocycles. The summed E-state index contributed by atoms with van der Waals surface area (Å²) in [4.78, 5) is 0. The van der Waals surface area contributed by atoms with Gasteiger partial charge in [0.25, 0.3) is 0 Å². The maximum absolute atomic E-state index is 3.82. The van der Waals surface area contributed by atoms with Crippen molar-refractivity contribution in [1.82, 2.24) is 5.32 Å². The fraction of sp³-hybridized carbons (Fsp3) is 1.00. The minimum atomic E-state index is 0.814. The lowest BCUT2D eigenvalue weighted by molar-refractivity contribution is 0.402. The quantitative estimate of drug-likeness (QED) is 0.656. The van der Waals surface area contributed by atoms with Crippen molar-refractivity contribution in [2.75, 3.05) is 18.6 Å². The molecule has 0 amide bonds. The third kappa shape index (κ3) is 10.7. The zero-order valence-corrected chi connectivity index (χ0v) is 13.9. The van der Waals surface area contributed by atoms with Gasteiger partial charge < -0.3 is 5.32 Å². The normalized spacial score (nSPS) is 20.7. The van der Waals surface area contributed by atoms with Crippen molar-refractivity contribution < 1.29 is 0 Å². The van der Waals surface area contributed by atoms with Crippen molar-refractivity contribution in [3.05, 3.63) is 0 Å². The molecule has 0 unspecified atom stereocenters. The summed E-state index contributed by atoms with van der Waals surface area (Å²) in [6.07, 6.45) is 21.0. The molecule has 0 aromatic rings. The topological polar surface area (TPSA) is 12.0 Å². The van der Waals surface area contributed by atoms with E-state index in [9.17, 15) is 0 Å². The summed E-state index contributed by atoms with van der Waals surface area (Å²) in [6.45, 7) is 1.24. The Morgan fingerprint density at radius 3 is 1.84 bits per heavy atom. The van der Waals surface area contributed by atoms with Gasteiger partial charge in [0.2, 0.25) is 0 Å². The molecule has 114 valence electrons. The van der Waals surface area contributed by atoms with Crippen LogP contribution in [0.25, 0.3) is 0 Å². The number of thioether (sulfide) groups is 1. The van der Waals surface area contributed by atoms with E-state index < -0.39 is 0 Å². The van der Waals surface area contributed by atoms with E-state index in [1.165, 1.54) is 95.8 Å². The molecule has 0 aliphatic heterocycles. The molecule has 2 heteroatoms. The van der Waals surface area contributed by atoms with Gasteiger partial charge in [0.1, 0.15) is 0 Å². The maximum Gasteiger partial charge on any atom is 0.00670 e. The molecular formula is C17H35NS. The number of unbranched alkanes of at least 4 members (excludes halogenated alkanes) is 1. The Morgan fingerprint density at radius 1 is 0.789 bits per heavy atom. The van der Waals surface area contributed by atoms with E-state index in [1.807, 2.05) is 11.8 Å². The highest BCUT2D eigenvalue weighted by atomic mass is 32.2. The van der Waals surface area contributed by atoms with Gasteiger partial charge in [0.15, 0.2) is 0 Å². The Hall–Kier alpha value is 0.310. The summed E-state index contributed by atoms with van der Waals surface area (Å²) < 4.78 is 0. The number of nitrogens with one attached hydrogen (secondary N) is 1. The van der Waals surface area contributed by atoms with Crippen LogP contribution in [0.1, 0.15) is 83.5 Å². The molecule has 19 heavy (non-hydrogen) atoms. The van der Waals surface area contributed by atoms with Crippen LogP contribution in [-0.4, -0.2) is 24.6 Å². The van der Waals surface area contributed by atoms with Crippen LogP contribution in [0.15, 0.2) is 0 Å². The van der Waals surface area contributed by atoms with Gasteiger partial charge in [0.05, 0.1) is 0 Å². The van der Waals surface area contributed by atoms with Crippen molar-refractivity contribution in [3.8, 4) is 0 Å². The van der Waals surface area contributed by atoms with Gasteiger partial charge >= 0.3 is 0 Å². The minimum absolute atomic E-state index is 0.814. The lowest BCUT2D eigenvalue weighted by Gasteiger charge is -2.19. The van der Waals surface area contributed by atoms with Crippen molar-refractivity contribution in [2.45, 2.75) is 89.5 Å². The minimum Gasteiger partial charge on any atom is -0.314 e. The van der Waals surface area contributed by atoms with Crippen molar-refractivity contribution in [2.24, 2.45) is 0 Å². The molecule has 0 radical (unpaired) electrons. The summed E-state index contributed by atoms with van der Waals surface area (Å²) in [6, 6.07) is 0.814. The average Bonchev–Trinajstić information content (AvgIpc) is 2.41. The third-order valence-electron chi connectivity index (χ3n) is 4.31. The Kier molecular flexibility index (Phi) is 12.2. The SMILES string of the molecule is CSCCCCNC1CCCCCCCCCCC1. The van der Waals surface area contributed by atoms with Crippen LogP contribution in [-0.2, 0) is 0 Å². The van der Waals surface area contributed by atoms with Crippen LogP contribution in [0.2, 0.25) is 0 Å². The fourth-order valence-corrected chi connectivity index (χ4v) is 3.54. The fourth-order valence-electron chi connectivity index (χ4n) is 3.04. The summed E-state index contributed by atoms with van der Waals surface area (Å²) >= 11 is 1.98. The standard InChI is InChI=1S/C17H35NS/c1-19-16-12-11-15-18-17-13-9-7-5-3-2-4-6-8-10-14-17/h17-18H,2-16H2,1H3. The number of hydrogen-bond acceptors (Lipinski definition) is 2. The molecular weight excluding hydrogens is 250 g/mol. The third-order valence-corrected chi connectivity index (χ3v) is 5.01. The second kappa shape index (κ2) is 13.3. The molecule has 1 N–H and O–H groups in total. The lowest BCUT2D eigenvalue weighted by atomic mass is 9.98. The van der Waals surface area contributed by atoms with Crippen molar-refractivity contribution in [3.63, 3.8) is 0 Å². The molecule has 0 saturated heterocycles. The molecule has 1 rings (SSSR count). The summed E-state index contributed by atoms with van der Waals surface area (Å²) in [7, 11) is 0. The number of hydrogen-bond donors (Lipinski definition) is 1. The van der Waals surface area contributed by atoms with Crippen LogP contribution in [0.4, 0.5) is 0 Å². The Balaban J connectivity index is 2.11. The molecule has 1 aliphatic carbocycles. The Morgan fingerprint density at radius 2 is 1.32 bits per heavy atom. The van der Waals surface area contributed by atoms with Crippen LogP contribution in [0.5, 0.6) is 0 Å². The van der Waals surface area contributed by atoms with Crippen molar-refractivity contribution >= 4 is 11.8 Å². The monoisotopic (exact) mass is 285 g/mol. The molecule has 0 atom stereocenters. The first-order chi connectivity index (χ1) is 9.43. The number of rotatable bonds is 6. The maximum atomic E-state index is 3.82. The second-order valence-corrected chi connectivity index (χ2v) is 7.10. The molecule has 1 fully saturated rings. The van der Waals surface area contributed by atoms with Gasteiger partial charge in [-0.3, -0.25) is 0 Å². The highest BCUT2D eigenvalue weighted by molar-refractivity contribution is 7.98. The summed E-state index contributed by atoms with van der Waals surface area (Å²) in [5, 5.41) is 3.82. The highest BCUT2D eigenvalue weighted by Gasteiger charge is 2.08. The van der Waals surface area contributed by atoms with E-state index in [1.54, 1.807) is 0 Å². The van der Waals surface area contributed by atoms with Gasteiger partial charge in [-0.2, -0.15) is 11.8 Å². The van der Waals surface area contributed by atoms with E-state index in [0.717, 1.165) is 6.04 Å². The summed E-state index contributed by atoms with van der Waals surface area (Å²) in [5.74, 6) is 1.33. The van der Waals surface area contributed by atoms with E-state index in [2.05, 4.69) is 11.6 Å². The molecule has 1 nitrogen and oxygen atoms in total. The lowest BCUT2D eigenvalue weighted by Crippen LogP contribution is -2.30. The van der Waals surface area contributed by atoms with Gasteiger partial charge in [-0.1, -0.05) is 57.8 Å². The first kappa shape index (κ1) is 17.4. The summed E-state index contributed by atoms with van der Waals surface area (Å²) in [5.41, 5.74) is 0. The highest BCUT2D eigenvalue weighted by Crippen LogP contribution is 2.17. The molecule has 0 heterocycles. The van der Waals surface area contributed by atoms with Crippen LogP contribution >= 0.6 is 11.8 Å². The van der Waals surface area contributed by atoms with E-state index in [-0.39, 0.29) is 0 Å². The van der Waals surface area contributed by atoms with Gasteiger partial charge in [-0.25, -0.2) is 0 Å². The van der Waals surface area contributed by atoms with E-state index >= 15 is 0 Å². The molecule has 1 aliphatic rings. The Bertz CT molecular complexity index is 172. The molecule has 0 bridgehead atoms.